The minimum absolute atomic E-state index is 0.216. The van der Waals surface area contributed by atoms with Crippen LogP contribution in [0.3, 0.4) is 0 Å². The fraction of sp³-hybridized carbons (Fsp3) is 0.714. The predicted octanol–water partition coefficient (Wildman–Crippen LogP) is 1.21. The molecule has 2 rings (SSSR count). The van der Waals surface area contributed by atoms with Gasteiger partial charge in [0.05, 0.1) is 17.9 Å². The summed E-state index contributed by atoms with van der Waals surface area (Å²) >= 11 is 0. The molecule has 0 bridgehead atoms. The number of carbonyl (C=O) groups excluding carboxylic acids is 1. The molecule has 0 radical (unpaired) electrons. The summed E-state index contributed by atoms with van der Waals surface area (Å²) in [5.41, 5.74) is 0.707. The van der Waals surface area contributed by atoms with Gasteiger partial charge in [-0.25, -0.2) is 0 Å². The van der Waals surface area contributed by atoms with E-state index >= 15 is 0 Å². The Labute approximate surface area is 119 Å². The summed E-state index contributed by atoms with van der Waals surface area (Å²) in [6.45, 7) is 10.4. The van der Waals surface area contributed by atoms with Crippen molar-refractivity contribution in [2.45, 2.75) is 45.9 Å². The van der Waals surface area contributed by atoms with Gasteiger partial charge in [-0.15, -0.1) is 0 Å². The van der Waals surface area contributed by atoms with Gasteiger partial charge < -0.3 is 14.6 Å². The van der Waals surface area contributed by atoms with E-state index in [2.05, 4.69) is 36.1 Å². The molecule has 1 N–H and O–H groups in total. The van der Waals surface area contributed by atoms with Gasteiger partial charge in [0.1, 0.15) is 0 Å². The number of hydrogen-bond donors (Lipinski definition) is 1. The first-order valence-electron chi connectivity index (χ1n) is 7.06. The Morgan fingerprint density at radius 3 is 2.70 bits per heavy atom. The van der Waals surface area contributed by atoms with Crippen molar-refractivity contribution in [3.05, 3.63) is 17.5 Å². The summed E-state index contributed by atoms with van der Waals surface area (Å²) in [5.74, 6) is 0.0465. The van der Waals surface area contributed by atoms with Gasteiger partial charge in [-0.3, -0.25) is 9.69 Å². The summed E-state index contributed by atoms with van der Waals surface area (Å²) in [4.78, 5) is 14.2. The highest BCUT2D eigenvalue weighted by Crippen LogP contribution is 2.13. The van der Waals surface area contributed by atoms with Crippen molar-refractivity contribution in [2.75, 3.05) is 19.6 Å². The van der Waals surface area contributed by atoms with Crippen LogP contribution in [0, 0.1) is 6.92 Å². The van der Waals surface area contributed by atoms with Gasteiger partial charge in [0.15, 0.2) is 0 Å². The zero-order valence-corrected chi connectivity index (χ0v) is 12.5. The van der Waals surface area contributed by atoms with E-state index in [-0.39, 0.29) is 29.9 Å². The molecule has 0 unspecified atom stereocenters. The van der Waals surface area contributed by atoms with E-state index in [1.165, 1.54) is 0 Å². The van der Waals surface area contributed by atoms with Crippen LogP contribution in [0.25, 0.3) is 0 Å². The SMILES string of the molecule is Cc1cc(C(=O)NC[C@H](C)N2C[C@H](C)O[C@@H](C)C2)on1. The van der Waals surface area contributed by atoms with Crippen molar-refractivity contribution in [1.82, 2.24) is 15.4 Å². The van der Waals surface area contributed by atoms with Crippen molar-refractivity contribution < 1.29 is 14.1 Å². The Kier molecular flexibility index (Phi) is 4.77. The lowest BCUT2D eigenvalue weighted by molar-refractivity contribution is -0.0778. The number of carbonyl (C=O) groups is 1. The lowest BCUT2D eigenvalue weighted by atomic mass is 10.1. The highest BCUT2D eigenvalue weighted by Gasteiger charge is 2.26. The largest absolute Gasteiger partial charge is 0.373 e. The van der Waals surface area contributed by atoms with Crippen molar-refractivity contribution in [3.63, 3.8) is 0 Å². The Bertz CT molecular complexity index is 450. The highest BCUT2D eigenvalue weighted by atomic mass is 16.5. The maximum Gasteiger partial charge on any atom is 0.289 e. The molecule has 2 heterocycles. The van der Waals surface area contributed by atoms with E-state index in [0.717, 1.165) is 13.1 Å². The smallest absolute Gasteiger partial charge is 0.289 e. The lowest BCUT2D eigenvalue weighted by Crippen LogP contribution is -2.52. The number of nitrogens with one attached hydrogen (secondary N) is 1. The van der Waals surface area contributed by atoms with E-state index in [4.69, 9.17) is 9.26 Å². The molecule has 6 nitrogen and oxygen atoms in total. The minimum atomic E-state index is -0.216. The standard InChI is InChI=1S/C14H23N3O3/c1-9-5-13(20-16-9)14(18)15-6-10(2)17-7-11(3)19-12(4)8-17/h5,10-12H,6-8H2,1-4H3,(H,15,18)/t10-,11-,12-/m0/s1. The molecule has 1 amide bonds. The van der Waals surface area contributed by atoms with Crippen LogP contribution in [0.1, 0.15) is 37.0 Å². The first-order chi connectivity index (χ1) is 9.45. The zero-order chi connectivity index (χ0) is 14.7. The number of nitrogens with zero attached hydrogens (tertiary/aromatic N) is 2. The third kappa shape index (κ3) is 3.80. The van der Waals surface area contributed by atoms with Gasteiger partial charge in [0, 0.05) is 31.7 Å². The molecule has 1 aliphatic heterocycles. The van der Waals surface area contributed by atoms with E-state index < -0.39 is 0 Å². The summed E-state index contributed by atoms with van der Waals surface area (Å²) < 4.78 is 10.7. The van der Waals surface area contributed by atoms with E-state index in [1.807, 2.05) is 0 Å². The normalized spacial score (nSPS) is 25.4. The summed E-state index contributed by atoms with van der Waals surface area (Å²) in [6.07, 6.45) is 0.461. The van der Waals surface area contributed by atoms with Crippen LogP contribution >= 0.6 is 0 Å². The van der Waals surface area contributed by atoms with Crippen LogP contribution in [0.5, 0.6) is 0 Å². The Balaban J connectivity index is 1.82. The van der Waals surface area contributed by atoms with Gasteiger partial charge in [0.25, 0.3) is 5.91 Å². The van der Waals surface area contributed by atoms with E-state index in [1.54, 1.807) is 13.0 Å². The molecule has 1 aromatic heterocycles. The van der Waals surface area contributed by atoms with Crippen LogP contribution < -0.4 is 5.32 Å². The monoisotopic (exact) mass is 281 g/mol. The van der Waals surface area contributed by atoms with Crippen molar-refractivity contribution >= 4 is 5.91 Å². The predicted molar refractivity (Wildman–Crippen MR) is 74.6 cm³/mol. The minimum Gasteiger partial charge on any atom is -0.373 e. The quantitative estimate of drug-likeness (QED) is 0.898. The van der Waals surface area contributed by atoms with Gasteiger partial charge >= 0.3 is 0 Å². The molecule has 6 heteroatoms. The maximum absolute atomic E-state index is 11.9. The molecule has 1 fully saturated rings. The molecule has 0 spiro atoms. The third-order valence-corrected chi connectivity index (χ3v) is 3.48. The van der Waals surface area contributed by atoms with Gasteiger partial charge in [-0.2, -0.15) is 0 Å². The number of aryl methyl sites for hydroxylation is 1. The average Bonchev–Trinajstić information content (AvgIpc) is 2.81. The molecule has 3 atom stereocenters. The molecule has 1 aliphatic rings. The van der Waals surface area contributed by atoms with Crippen molar-refractivity contribution in [1.29, 1.82) is 0 Å². The molecular formula is C14H23N3O3. The summed E-state index contributed by atoms with van der Waals surface area (Å²) in [5, 5.41) is 6.60. The topological polar surface area (TPSA) is 67.6 Å². The second-order valence-electron chi connectivity index (χ2n) is 5.60. The summed E-state index contributed by atoms with van der Waals surface area (Å²) in [7, 11) is 0. The number of ether oxygens (including phenoxy) is 1. The van der Waals surface area contributed by atoms with Crippen LogP contribution in [-0.4, -0.2) is 53.8 Å². The molecule has 1 aromatic rings. The number of hydrogen-bond acceptors (Lipinski definition) is 5. The molecule has 0 aromatic carbocycles. The molecule has 0 saturated carbocycles. The van der Waals surface area contributed by atoms with E-state index in [0.29, 0.717) is 12.2 Å². The van der Waals surface area contributed by atoms with Crippen LogP contribution in [-0.2, 0) is 4.74 Å². The Hall–Kier alpha value is -1.40. The van der Waals surface area contributed by atoms with Gasteiger partial charge in [0.2, 0.25) is 5.76 Å². The van der Waals surface area contributed by atoms with Crippen LogP contribution in [0.4, 0.5) is 0 Å². The fourth-order valence-electron chi connectivity index (χ4n) is 2.50. The average molecular weight is 281 g/mol. The Morgan fingerprint density at radius 1 is 1.50 bits per heavy atom. The van der Waals surface area contributed by atoms with Crippen molar-refractivity contribution in [3.8, 4) is 0 Å². The zero-order valence-electron chi connectivity index (χ0n) is 12.5. The molecule has 1 saturated heterocycles. The maximum atomic E-state index is 11.9. The fourth-order valence-corrected chi connectivity index (χ4v) is 2.50. The number of aromatic nitrogens is 1. The first-order valence-corrected chi connectivity index (χ1v) is 7.06. The molecule has 0 aliphatic carbocycles. The van der Waals surface area contributed by atoms with Gasteiger partial charge in [-0.05, 0) is 27.7 Å². The molecule has 20 heavy (non-hydrogen) atoms. The number of amides is 1. The van der Waals surface area contributed by atoms with Crippen LogP contribution in [0.15, 0.2) is 10.6 Å². The van der Waals surface area contributed by atoms with Crippen LogP contribution in [0.2, 0.25) is 0 Å². The molecular weight excluding hydrogens is 258 g/mol. The molecule has 112 valence electrons. The number of morpholine rings is 1. The lowest BCUT2D eigenvalue weighted by Gasteiger charge is -2.38. The van der Waals surface area contributed by atoms with E-state index in [9.17, 15) is 4.79 Å². The first kappa shape index (κ1) is 15.0. The third-order valence-electron chi connectivity index (χ3n) is 3.48. The number of rotatable bonds is 4. The highest BCUT2D eigenvalue weighted by molar-refractivity contribution is 5.91. The Morgan fingerprint density at radius 2 is 2.15 bits per heavy atom. The second-order valence-corrected chi connectivity index (χ2v) is 5.60. The summed E-state index contributed by atoms with van der Waals surface area (Å²) in [6, 6.07) is 1.90. The second kappa shape index (κ2) is 6.37. The van der Waals surface area contributed by atoms with Crippen molar-refractivity contribution in [2.24, 2.45) is 0 Å². The van der Waals surface area contributed by atoms with Gasteiger partial charge in [-0.1, -0.05) is 5.16 Å².